The van der Waals surface area contributed by atoms with Crippen molar-refractivity contribution in [2.75, 3.05) is 12.3 Å². The number of aromatic nitrogens is 3. The number of anilines is 1. The van der Waals surface area contributed by atoms with Crippen LogP contribution in [-0.2, 0) is 12.8 Å². The molecule has 0 aromatic carbocycles. The van der Waals surface area contributed by atoms with Crippen LogP contribution in [0.2, 0.25) is 5.82 Å². The lowest BCUT2D eigenvalue weighted by atomic mass is 9.59. The lowest BCUT2D eigenvalue weighted by molar-refractivity contribution is 0.283. The monoisotopic (exact) mass is 312 g/mol. The molecule has 6 heteroatoms. The number of pyridine rings is 1. The second-order valence-corrected chi connectivity index (χ2v) is 6.01. The number of nitrogens with two attached hydrogens (primary N) is 1. The van der Waals surface area contributed by atoms with E-state index < -0.39 is 0 Å². The molecule has 1 atom stereocenters. The van der Waals surface area contributed by atoms with Gasteiger partial charge in [-0.1, -0.05) is 25.8 Å². The van der Waals surface area contributed by atoms with Gasteiger partial charge in [0.2, 0.25) is 5.95 Å². The van der Waals surface area contributed by atoms with E-state index in [1.165, 1.54) is 0 Å². The van der Waals surface area contributed by atoms with Crippen LogP contribution < -0.4 is 11.3 Å². The first-order valence-corrected chi connectivity index (χ1v) is 8.26. The van der Waals surface area contributed by atoms with Crippen molar-refractivity contribution < 1.29 is 5.11 Å². The molecule has 2 aromatic rings. The summed E-state index contributed by atoms with van der Waals surface area (Å²) < 4.78 is 0. The summed E-state index contributed by atoms with van der Waals surface area (Å²) in [6.07, 6.45) is 5.53. The van der Waals surface area contributed by atoms with Crippen LogP contribution in [-0.4, -0.2) is 33.9 Å². The molecule has 0 saturated carbocycles. The Morgan fingerprint density at radius 2 is 2.09 bits per heavy atom. The number of nitrogen functional groups attached to an aromatic ring is 1. The maximum Gasteiger partial charge on any atom is 0.219 e. The van der Waals surface area contributed by atoms with E-state index in [4.69, 9.17) is 5.73 Å². The van der Waals surface area contributed by atoms with E-state index in [1.807, 2.05) is 31.3 Å². The summed E-state index contributed by atoms with van der Waals surface area (Å²) in [6, 6.07) is 6.07. The number of rotatable bonds is 8. The Balaban J connectivity index is 2.11. The van der Waals surface area contributed by atoms with Gasteiger partial charge in [0.25, 0.3) is 0 Å². The Morgan fingerprint density at radius 1 is 1.26 bits per heavy atom. The molecule has 0 bridgehead atoms. The molecule has 3 N–H and O–H groups in total. The van der Waals surface area contributed by atoms with Gasteiger partial charge in [0.15, 0.2) is 7.28 Å². The fourth-order valence-corrected chi connectivity index (χ4v) is 2.78. The molecule has 0 aliphatic rings. The molecule has 0 saturated heterocycles. The molecule has 0 fully saturated rings. The van der Waals surface area contributed by atoms with Crippen LogP contribution in [0.4, 0.5) is 5.95 Å². The zero-order valence-corrected chi connectivity index (χ0v) is 14.0. The Bertz CT molecular complexity index is 636. The van der Waals surface area contributed by atoms with Crippen molar-refractivity contribution in [1.29, 1.82) is 0 Å². The van der Waals surface area contributed by atoms with Crippen LogP contribution >= 0.6 is 0 Å². The molecule has 23 heavy (non-hydrogen) atoms. The summed E-state index contributed by atoms with van der Waals surface area (Å²) in [7, 11) is 0.744. The molecular formula is C17H25BN4O. The van der Waals surface area contributed by atoms with E-state index >= 15 is 0 Å². The minimum absolute atomic E-state index is 0.177. The molecule has 122 valence electrons. The van der Waals surface area contributed by atoms with Crippen molar-refractivity contribution in [3.05, 3.63) is 41.3 Å². The van der Waals surface area contributed by atoms with Gasteiger partial charge in [0.05, 0.1) is 0 Å². The van der Waals surface area contributed by atoms with Crippen molar-refractivity contribution >= 4 is 18.8 Å². The Kier molecular flexibility index (Phi) is 6.53. The Labute approximate surface area is 138 Å². The molecule has 2 heterocycles. The SMILES string of the molecule is CCCC(Bc1nc(N)ncc1CCc1cccc(C)n1)CO. The minimum atomic E-state index is 0.177. The molecule has 0 aliphatic carbocycles. The summed E-state index contributed by atoms with van der Waals surface area (Å²) >= 11 is 0. The average molecular weight is 312 g/mol. The Morgan fingerprint density at radius 3 is 2.78 bits per heavy atom. The van der Waals surface area contributed by atoms with Crippen molar-refractivity contribution in [2.24, 2.45) is 0 Å². The van der Waals surface area contributed by atoms with Gasteiger partial charge in [-0.25, -0.2) is 9.97 Å². The highest BCUT2D eigenvalue weighted by Gasteiger charge is 2.15. The highest BCUT2D eigenvalue weighted by Crippen LogP contribution is 2.12. The topological polar surface area (TPSA) is 84.9 Å². The standard InChI is InChI=1S/C17H25BN4O/c1-3-5-14(11-23)18-16-13(10-20-17(19)22-16)8-9-15-7-4-6-12(2)21-15/h4,6-7,10,14,18,23H,3,5,8-9,11H2,1-2H3,(H2,19,20,22). The summed E-state index contributed by atoms with van der Waals surface area (Å²) in [6.45, 7) is 4.30. The minimum Gasteiger partial charge on any atom is -0.397 e. The van der Waals surface area contributed by atoms with Gasteiger partial charge >= 0.3 is 0 Å². The fraction of sp³-hybridized carbons (Fsp3) is 0.471. The van der Waals surface area contributed by atoms with Crippen molar-refractivity contribution in [2.45, 2.75) is 45.3 Å². The third-order valence-electron chi connectivity index (χ3n) is 4.01. The zero-order chi connectivity index (χ0) is 16.7. The smallest absolute Gasteiger partial charge is 0.219 e. The Hall–Kier alpha value is -1.95. The van der Waals surface area contributed by atoms with Crippen LogP contribution in [0, 0.1) is 6.92 Å². The van der Waals surface area contributed by atoms with E-state index in [9.17, 15) is 5.11 Å². The molecule has 1 unspecified atom stereocenters. The van der Waals surface area contributed by atoms with Gasteiger partial charge in [-0.15, -0.1) is 0 Å². The van der Waals surface area contributed by atoms with Crippen LogP contribution in [0.1, 0.15) is 36.7 Å². The number of nitrogens with zero attached hydrogens (tertiary/aromatic N) is 3. The molecule has 2 aromatic heterocycles. The number of aryl methyl sites for hydroxylation is 3. The first-order valence-electron chi connectivity index (χ1n) is 8.26. The molecule has 2 rings (SSSR count). The maximum atomic E-state index is 9.53. The van der Waals surface area contributed by atoms with Crippen LogP contribution in [0.5, 0.6) is 0 Å². The van der Waals surface area contributed by atoms with Gasteiger partial charge in [-0.3, -0.25) is 4.98 Å². The predicted octanol–water partition coefficient (Wildman–Crippen LogP) is 1.19. The highest BCUT2D eigenvalue weighted by molar-refractivity contribution is 6.54. The van der Waals surface area contributed by atoms with Crippen molar-refractivity contribution in [3.63, 3.8) is 0 Å². The third-order valence-corrected chi connectivity index (χ3v) is 4.01. The predicted molar refractivity (Wildman–Crippen MR) is 95.4 cm³/mol. The number of aliphatic hydroxyl groups is 1. The first kappa shape index (κ1) is 17.4. The van der Waals surface area contributed by atoms with Gasteiger partial charge in [-0.05, 0) is 43.3 Å². The van der Waals surface area contributed by atoms with Crippen LogP contribution in [0.25, 0.3) is 0 Å². The van der Waals surface area contributed by atoms with E-state index in [0.717, 1.165) is 55.5 Å². The zero-order valence-electron chi connectivity index (χ0n) is 14.0. The quantitative estimate of drug-likeness (QED) is 0.715. The molecular weight excluding hydrogens is 287 g/mol. The molecule has 0 spiro atoms. The van der Waals surface area contributed by atoms with E-state index in [2.05, 4.69) is 21.9 Å². The van der Waals surface area contributed by atoms with Crippen LogP contribution in [0.3, 0.4) is 0 Å². The first-order chi connectivity index (χ1) is 11.1. The van der Waals surface area contributed by atoms with E-state index in [1.54, 1.807) is 0 Å². The van der Waals surface area contributed by atoms with E-state index in [-0.39, 0.29) is 12.4 Å². The lowest BCUT2D eigenvalue weighted by Gasteiger charge is -2.14. The van der Waals surface area contributed by atoms with E-state index in [0.29, 0.717) is 5.95 Å². The largest absolute Gasteiger partial charge is 0.397 e. The summed E-state index contributed by atoms with van der Waals surface area (Å²) in [5.74, 6) is 0.524. The maximum absolute atomic E-state index is 9.53. The number of hydrogen-bond donors (Lipinski definition) is 2. The highest BCUT2D eigenvalue weighted by atomic mass is 16.3. The normalized spacial score (nSPS) is 12.1. The van der Waals surface area contributed by atoms with Gasteiger partial charge in [0, 0.05) is 29.8 Å². The number of hydrogen-bond acceptors (Lipinski definition) is 5. The molecule has 0 aliphatic heterocycles. The van der Waals surface area contributed by atoms with Gasteiger partial charge < -0.3 is 10.8 Å². The van der Waals surface area contributed by atoms with Crippen molar-refractivity contribution in [3.8, 4) is 0 Å². The molecule has 0 amide bonds. The molecule has 0 radical (unpaired) electrons. The second-order valence-electron chi connectivity index (χ2n) is 6.01. The third kappa shape index (κ3) is 5.32. The number of aliphatic hydroxyl groups excluding tert-OH is 1. The van der Waals surface area contributed by atoms with Gasteiger partial charge in [-0.2, -0.15) is 0 Å². The fourth-order valence-electron chi connectivity index (χ4n) is 2.78. The second kappa shape index (κ2) is 8.63. The van der Waals surface area contributed by atoms with Crippen molar-refractivity contribution in [1.82, 2.24) is 15.0 Å². The van der Waals surface area contributed by atoms with Crippen LogP contribution in [0.15, 0.2) is 24.4 Å². The lowest BCUT2D eigenvalue weighted by Crippen LogP contribution is -2.30. The summed E-state index contributed by atoms with van der Waals surface area (Å²) in [4.78, 5) is 13.1. The van der Waals surface area contributed by atoms with Gasteiger partial charge in [0.1, 0.15) is 0 Å². The average Bonchev–Trinajstić information content (AvgIpc) is 2.53. The summed E-state index contributed by atoms with van der Waals surface area (Å²) in [5, 5.41) is 9.53. The summed E-state index contributed by atoms with van der Waals surface area (Å²) in [5.41, 5.74) is 9.90. The molecule has 5 nitrogen and oxygen atoms in total.